The van der Waals surface area contributed by atoms with E-state index in [0.29, 0.717) is 12.8 Å². The maximum Gasteiger partial charge on any atom is 0.187 e. The van der Waals surface area contributed by atoms with Crippen molar-refractivity contribution in [3.63, 3.8) is 0 Å². The quantitative estimate of drug-likeness (QED) is 0.168. The largest absolute Gasteiger partial charge is 0.396 e. The normalized spacial score (nSPS) is 54.9. The van der Waals surface area contributed by atoms with Crippen LogP contribution in [0.1, 0.15) is 99.8 Å². The Hall–Kier alpha value is -1.04. The summed E-state index contributed by atoms with van der Waals surface area (Å²) in [4.78, 5) is 0. The summed E-state index contributed by atoms with van der Waals surface area (Å²) in [5, 5.41) is 97.6. The summed E-state index contributed by atoms with van der Waals surface area (Å²) in [6.45, 7) is 14.4. The van der Waals surface area contributed by atoms with Crippen LogP contribution in [-0.2, 0) is 18.9 Å². The summed E-state index contributed by atoms with van der Waals surface area (Å²) in [6, 6.07) is 0. The zero-order chi connectivity index (χ0) is 40.3. The van der Waals surface area contributed by atoms with E-state index in [1.807, 2.05) is 6.92 Å². The van der Waals surface area contributed by atoms with Gasteiger partial charge in [0.25, 0.3) is 0 Å². The van der Waals surface area contributed by atoms with E-state index in [-0.39, 0.29) is 46.7 Å². The summed E-state index contributed by atoms with van der Waals surface area (Å²) in [5.41, 5.74) is 0.476. The first-order valence-electron chi connectivity index (χ1n) is 20.6. The van der Waals surface area contributed by atoms with E-state index in [1.54, 1.807) is 6.92 Å². The molecule has 0 aromatic carbocycles. The SMILES string of the molecule is C[C@H]1O[C@@H](O[C@H]2CC[C@@]3(C)[C@@H](CC[C@]4(C)[C@@H]3C=CC3=C5CC(C)(C)CC[C@]5(CO)[C@@H](O)C[C@]34C)[C@]2(C)CO)[C@H](O)[C@@H](O[C@@H]2O[C@H](CO)[C@@H](O)[C@H](O)[C@H]2O)[C@H]1O. The summed E-state index contributed by atoms with van der Waals surface area (Å²) in [5.74, 6) is 0.154. The number of hydrogen-bond donors (Lipinski definition) is 9. The van der Waals surface area contributed by atoms with Crippen molar-refractivity contribution >= 4 is 0 Å². The van der Waals surface area contributed by atoms with Crippen molar-refractivity contribution in [3.05, 3.63) is 23.3 Å². The molecule has 5 aliphatic carbocycles. The van der Waals surface area contributed by atoms with E-state index >= 15 is 0 Å². The molecule has 5 fully saturated rings. The van der Waals surface area contributed by atoms with Crippen molar-refractivity contribution in [3.8, 4) is 0 Å². The van der Waals surface area contributed by atoms with Crippen molar-refractivity contribution in [2.75, 3.05) is 19.8 Å². The van der Waals surface area contributed by atoms with E-state index in [0.717, 1.165) is 38.5 Å². The summed E-state index contributed by atoms with van der Waals surface area (Å²) in [7, 11) is 0. The van der Waals surface area contributed by atoms with Crippen LogP contribution in [0.5, 0.6) is 0 Å². The number of ether oxygens (including phenoxy) is 4. The molecule has 0 aromatic heterocycles. The van der Waals surface area contributed by atoms with Crippen molar-refractivity contribution in [2.45, 2.75) is 173 Å². The molecule has 0 amide bonds. The highest BCUT2D eigenvalue weighted by molar-refractivity contribution is 5.47. The molecule has 9 N–H and O–H groups in total. The molecule has 0 radical (unpaired) electrons. The molecular formula is C42H68O13. The summed E-state index contributed by atoms with van der Waals surface area (Å²) >= 11 is 0. The molecule has 0 aromatic rings. The zero-order valence-electron chi connectivity index (χ0n) is 33.7. The predicted octanol–water partition coefficient (Wildman–Crippen LogP) is 1.68. The molecule has 0 unspecified atom stereocenters. The van der Waals surface area contributed by atoms with Crippen LogP contribution in [0.3, 0.4) is 0 Å². The molecule has 2 aliphatic heterocycles. The minimum atomic E-state index is -1.73. The third-order valence-electron chi connectivity index (χ3n) is 16.8. The fourth-order valence-electron chi connectivity index (χ4n) is 13.0. The third-order valence-corrected chi connectivity index (χ3v) is 16.8. The van der Waals surface area contributed by atoms with Crippen molar-refractivity contribution < 1.29 is 64.9 Å². The first-order valence-corrected chi connectivity index (χ1v) is 20.6. The average Bonchev–Trinajstić information content (AvgIpc) is 3.13. The van der Waals surface area contributed by atoms with Gasteiger partial charge in [0, 0.05) is 16.2 Å². The number of fused-ring (bicyclic) bond motifs is 6. The second kappa shape index (κ2) is 14.3. The van der Waals surface area contributed by atoms with Crippen molar-refractivity contribution in [1.82, 2.24) is 0 Å². The van der Waals surface area contributed by atoms with E-state index in [1.165, 1.54) is 11.1 Å². The minimum absolute atomic E-state index is 0.0212. The van der Waals surface area contributed by atoms with Crippen LogP contribution in [0, 0.1) is 44.3 Å². The number of hydrogen-bond acceptors (Lipinski definition) is 13. The van der Waals surface area contributed by atoms with Gasteiger partial charge in [-0.15, -0.1) is 0 Å². The Bertz CT molecular complexity index is 1500. The first kappa shape index (κ1) is 42.1. The number of aliphatic hydroxyl groups is 9. The Balaban J connectivity index is 1.15. The molecule has 7 aliphatic rings. The molecule has 0 spiro atoms. The lowest BCUT2D eigenvalue weighted by atomic mass is 9.35. The van der Waals surface area contributed by atoms with E-state index < -0.39 is 91.1 Å². The molecule has 314 valence electrons. The summed E-state index contributed by atoms with van der Waals surface area (Å²) in [6.07, 6.45) is -4.63. The minimum Gasteiger partial charge on any atom is -0.396 e. The second-order valence-corrected chi connectivity index (χ2v) is 20.3. The topological polar surface area (TPSA) is 219 Å². The summed E-state index contributed by atoms with van der Waals surface area (Å²) < 4.78 is 24.0. The van der Waals surface area contributed by atoms with Crippen LogP contribution in [0.2, 0.25) is 0 Å². The molecule has 55 heavy (non-hydrogen) atoms. The Labute approximate surface area is 325 Å². The van der Waals surface area contributed by atoms with Gasteiger partial charge in [0.15, 0.2) is 12.6 Å². The third kappa shape index (κ3) is 6.12. The van der Waals surface area contributed by atoms with E-state index in [9.17, 15) is 46.0 Å². The Morgan fingerprint density at radius 3 is 2.09 bits per heavy atom. The smallest absolute Gasteiger partial charge is 0.187 e. The Morgan fingerprint density at radius 1 is 0.745 bits per heavy atom. The van der Waals surface area contributed by atoms with Gasteiger partial charge < -0.3 is 64.9 Å². The predicted molar refractivity (Wildman–Crippen MR) is 199 cm³/mol. The number of aliphatic hydroxyl groups excluding tert-OH is 9. The van der Waals surface area contributed by atoms with Gasteiger partial charge in [-0.2, -0.15) is 0 Å². The van der Waals surface area contributed by atoms with Crippen LogP contribution in [0.4, 0.5) is 0 Å². The van der Waals surface area contributed by atoms with Crippen molar-refractivity contribution in [2.24, 2.45) is 44.3 Å². The standard InChI is InChI=1S/C42H68O13/c1-21-29(47)34(55-35-32(50)31(49)30(48)24(18-43)53-35)33(51)36(52-21)54-28-11-12-38(4)25(39(28,5)19-44)10-13-40(6)26(38)9-8-22-23-16-37(2,3)14-15-42(23,20-45)27(46)17-41(22,40)7/h8-9,21,24-36,43-51H,10-20H2,1-7H3/t21-,24-,25-,26-,27+,28+,29+,30-,31+,32-,33-,34+,35+,36+,38+,39+,40-,41-,42-/m1/s1. The average molecular weight is 781 g/mol. The Kier molecular flexibility index (Phi) is 11.0. The highest BCUT2D eigenvalue weighted by Crippen LogP contribution is 2.74. The highest BCUT2D eigenvalue weighted by atomic mass is 16.7. The van der Waals surface area contributed by atoms with Crippen LogP contribution in [0.25, 0.3) is 0 Å². The van der Waals surface area contributed by atoms with Gasteiger partial charge in [0.05, 0.1) is 38.1 Å². The molecule has 13 heteroatoms. The van der Waals surface area contributed by atoms with Crippen molar-refractivity contribution in [1.29, 1.82) is 0 Å². The van der Waals surface area contributed by atoms with Gasteiger partial charge in [0.2, 0.25) is 0 Å². The monoisotopic (exact) mass is 780 g/mol. The zero-order valence-corrected chi connectivity index (χ0v) is 33.7. The lowest BCUT2D eigenvalue weighted by Crippen LogP contribution is -2.67. The number of rotatable bonds is 7. The second-order valence-electron chi connectivity index (χ2n) is 20.3. The van der Waals surface area contributed by atoms with Gasteiger partial charge in [0.1, 0.15) is 42.7 Å². The highest BCUT2D eigenvalue weighted by Gasteiger charge is 2.69. The molecular weight excluding hydrogens is 712 g/mol. The molecule has 0 bridgehead atoms. The lowest BCUT2D eigenvalue weighted by molar-refractivity contribution is -0.367. The molecule has 19 atom stereocenters. The van der Waals surface area contributed by atoms with Gasteiger partial charge in [-0.25, -0.2) is 0 Å². The first-order chi connectivity index (χ1) is 25.7. The molecule has 13 nitrogen and oxygen atoms in total. The maximum absolute atomic E-state index is 12.0. The van der Waals surface area contributed by atoms with Crippen LogP contribution >= 0.6 is 0 Å². The fraction of sp³-hybridized carbons (Fsp3) is 0.905. The van der Waals surface area contributed by atoms with E-state index in [2.05, 4.69) is 46.8 Å². The number of allylic oxidation sites excluding steroid dienone is 3. The fourth-order valence-corrected chi connectivity index (χ4v) is 13.0. The Morgan fingerprint density at radius 2 is 1.44 bits per heavy atom. The maximum atomic E-state index is 12.0. The van der Waals surface area contributed by atoms with Gasteiger partial charge in [-0.3, -0.25) is 0 Å². The van der Waals surface area contributed by atoms with Gasteiger partial charge in [-0.05, 0) is 91.9 Å². The molecule has 2 saturated heterocycles. The van der Waals surface area contributed by atoms with E-state index in [4.69, 9.17) is 18.9 Å². The lowest BCUT2D eigenvalue weighted by Gasteiger charge is -2.70. The van der Waals surface area contributed by atoms with Crippen LogP contribution in [0.15, 0.2) is 23.3 Å². The van der Waals surface area contributed by atoms with Gasteiger partial charge >= 0.3 is 0 Å². The molecule has 3 saturated carbocycles. The van der Waals surface area contributed by atoms with Crippen LogP contribution < -0.4 is 0 Å². The van der Waals surface area contributed by atoms with Crippen LogP contribution in [-0.4, -0.2) is 139 Å². The van der Waals surface area contributed by atoms with Gasteiger partial charge in [-0.1, -0.05) is 59.3 Å². The molecule has 7 rings (SSSR count). The molecule has 2 heterocycles.